The van der Waals surface area contributed by atoms with Crippen molar-refractivity contribution in [2.45, 2.75) is 50.0 Å². The molecule has 2 heterocycles. The fourth-order valence-electron chi connectivity index (χ4n) is 2.87. The van der Waals surface area contributed by atoms with Crippen LogP contribution in [0.2, 0.25) is 0 Å². The van der Waals surface area contributed by atoms with Gasteiger partial charge in [0, 0.05) is 13.1 Å². The van der Waals surface area contributed by atoms with Gasteiger partial charge >= 0.3 is 18.1 Å². The molecule has 1 unspecified atom stereocenters. The number of aliphatic carboxylic acids is 1. The highest BCUT2D eigenvalue weighted by Gasteiger charge is 2.47. The van der Waals surface area contributed by atoms with Gasteiger partial charge in [-0.2, -0.15) is 13.2 Å². The molecule has 1 N–H and O–H groups in total. The van der Waals surface area contributed by atoms with Crippen LogP contribution >= 0.6 is 0 Å². The largest absolute Gasteiger partial charge is 0.479 e. The second kappa shape index (κ2) is 5.23. The lowest BCUT2D eigenvalue weighted by atomic mass is 9.83. The zero-order chi connectivity index (χ0) is 15.0. The minimum absolute atomic E-state index is 0.0509. The smallest absolute Gasteiger partial charge is 0.471 e. The molecule has 1 atom stereocenters. The lowest BCUT2D eigenvalue weighted by Gasteiger charge is -2.45. The van der Waals surface area contributed by atoms with Gasteiger partial charge in [0.25, 0.3) is 0 Å². The topological polar surface area (TPSA) is 66.8 Å². The predicted molar refractivity (Wildman–Crippen MR) is 61.0 cm³/mol. The number of nitrogens with zero attached hydrogens (tertiary/aromatic N) is 1. The molecule has 1 spiro atoms. The maximum Gasteiger partial charge on any atom is 0.471 e. The van der Waals surface area contributed by atoms with Crippen LogP contribution in [0.15, 0.2) is 0 Å². The molecule has 20 heavy (non-hydrogen) atoms. The van der Waals surface area contributed by atoms with E-state index in [-0.39, 0.29) is 25.9 Å². The van der Waals surface area contributed by atoms with Crippen LogP contribution in [-0.2, 0) is 14.3 Å². The van der Waals surface area contributed by atoms with Crippen molar-refractivity contribution in [1.29, 1.82) is 0 Å². The van der Waals surface area contributed by atoms with E-state index in [1.165, 1.54) is 0 Å². The summed E-state index contributed by atoms with van der Waals surface area (Å²) in [6.07, 6.45) is -3.54. The van der Waals surface area contributed by atoms with E-state index in [0.29, 0.717) is 19.3 Å². The van der Waals surface area contributed by atoms with E-state index < -0.39 is 29.8 Å². The SMILES string of the molecule is O=C(O)C1CCCC2(CCN(C(=O)C(F)(F)F)CC2)O1. The molecule has 0 saturated carbocycles. The molecule has 2 aliphatic heterocycles. The van der Waals surface area contributed by atoms with Crippen molar-refractivity contribution < 1.29 is 32.6 Å². The summed E-state index contributed by atoms with van der Waals surface area (Å²) >= 11 is 0. The van der Waals surface area contributed by atoms with E-state index in [2.05, 4.69) is 0 Å². The van der Waals surface area contributed by atoms with Crippen LogP contribution in [0.3, 0.4) is 0 Å². The van der Waals surface area contributed by atoms with Crippen LogP contribution in [0.4, 0.5) is 13.2 Å². The molecule has 0 aromatic carbocycles. The summed E-state index contributed by atoms with van der Waals surface area (Å²) in [5, 5.41) is 8.96. The molecule has 0 aromatic rings. The lowest BCUT2D eigenvalue weighted by Crippen LogP contribution is -2.54. The summed E-state index contributed by atoms with van der Waals surface area (Å²) in [6.45, 7) is -0.102. The molecule has 5 nitrogen and oxygen atoms in total. The van der Waals surface area contributed by atoms with Gasteiger partial charge in [0.15, 0.2) is 6.10 Å². The average Bonchev–Trinajstić information content (AvgIpc) is 2.38. The van der Waals surface area contributed by atoms with Gasteiger partial charge in [0.05, 0.1) is 5.60 Å². The molecule has 2 rings (SSSR count). The zero-order valence-corrected chi connectivity index (χ0v) is 10.8. The van der Waals surface area contributed by atoms with Crippen LogP contribution < -0.4 is 0 Å². The van der Waals surface area contributed by atoms with Gasteiger partial charge in [-0.1, -0.05) is 0 Å². The van der Waals surface area contributed by atoms with Crippen molar-refractivity contribution >= 4 is 11.9 Å². The molecular weight excluding hydrogens is 279 g/mol. The van der Waals surface area contributed by atoms with Crippen LogP contribution in [-0.4, -0.2) is 52.9 Å². The molecule has 0 aliphatic carbocycles. The predicted octanol–water partition coefficient (Wildman–Crippen LogP) is 1.56. The van der Waals surface area contributed by atoms with E-state index >= 15 is 0 Å². The van der Waals surface area contributed by atoms with Gasteiger partial charge in [0.1, 0.15) is 0 Å². The highest BCUT2D eigenvalue weighted by Crippen LogP contribution is 2.38. The van der Waals surface area contributed by atoms with Crippen LogP contribution in [0.1, 0.15) is 32.1 Å². The number of ether oxygens (including phenoxy) is 1. The molecule has 2 aliphatic rings. The minimum Gasteiger partial charge on any atom is -0.479 e. The Morgan fingerprint density at radius 1 is 1.20 bits per heavy atom. The molecular formula is C12H16F3NO4. The summed E-state index contributed by atoms with van der Waals surface area (Å²) in [5.41, 5.74) is -0.691. The Kier molecular flexibility index (Phi) is 3.95. The number of carbonyl (C=O) groups is 2. The Bertz CT molecular complexity index is 402. The monoisotopic (exact) mass is 295 g/mol. The number of hydrogen-bond donors (Lipinski definition) is 1. The van der Waals surface area contributed by atoms with Gasteiger partial charge in [-0.25, -0.2) is 4.79 Å². The van der Waals surface area contributed by atoms with Crippen LogP contribution in [0, 0.1) is 0 Å². The average molecular weight is 295 g/mol. The fraction of sp³-hybridized carbons (Fsp3) is 0.833. The quantitative estimate of drug-likeness (QED) is 0.797. The first kappa shape index (κ1) is 15.1. The van der Waals surface area contributed by atoms with Crippen LogP contribution in [0.25, 0.3) is 0 Å². The fourth-order valence-corrected chi connectivity index (χ4v) is 2.87. The summed E-state index contributed by atoms with van der Waals surface area (Å²) in [6, 6.07) is 0. The number of carboxylic acids is 1. The van der Waals surface area contributed by atoms with E-state index in [1.807, 2.05) is 0 Å². The molecule has 0 aromatic heterocycles. The Hall–Kier alpha value is -1.31. The summed E-state index contributed by atoms with van der Waals surface area (Å²) in [5.74, 6) is -2.88. The first-order chi connectivity index (χ1) is 9.23. The van der Waals surface area contributed by atoms with E-state index in [1.54, 1.807) is 0 Å². The number of carbonyl (C=O) groups excluding carboxylic acids is 1. The molecule has 114 valence electrons. The standard InChI is InChI=1S/C12H16F3NO4/c13-12(14,15)10(19)16-6-4-11(5-7-16)3-1-2-8(20-11)9(17)18/h8H,1-7H2,(H,17,18). The number of rotatable bonds is 1. The second-order valence-corrected chi connectivity index (χ2v) is 5.31. The Morgan fingerprint density at radius 3 is 2.30 bits per heavy atom. The number of piperidine rings is 1. The normalized spacial score (nSPS) is 26.6. The van der Waals surface area contributed by atoms with E-state index in [4.69, 9.17) is 9.84 Å². The van der Waals surface area contributed by atoms with Crippen molar-refractivity contribution in [3.05, 3.63) is 0 Å². The highest BCUT2D eigenvalue weighted by atomic mass is 19.4. The number of carboxylic acid groups (broad SMARTS) is 1. The lowest BCUT2D eigenvalue weighted by molar-refractivity contribution is -0.198. The summed E-state index contributed by atoms with van der Waals surface area (Å²) in [4.78, 5) is 22.8. The molecule has 0 bridgehead atoms. The third-order valence-electron chi connectivity index (χ3n) is 3.97. The van der Waals surface area contributed by atoms with Crippen molar-refractivity contribution in [2.75, 3.05) is 13.1 Å². The number of hydrogen-bond acceptors (Lipinski definition) is 3. The van der Waals surface area contributed by atoms with E-state index in [9.17, 15) is 22.8 Å². The van der Waals surface area contributed by atoms with Gasteiger partial charge < -0.3 is 14.7 Å². The first-order valence-electron chi connectivity index (χ1n) is 6.50. The maximum atomic E-state index is 12.3. The summed E-state index contributed by atoms with van der Waals surface area (Å²) in [7, 11) is 0. The summed E-state index contributed by atoms with van der Waals surface area (Å²) < 4.78 is 42.6. The number of amides is 1. The third kappa shape index (κ3) is 3.05. The van der Waals surface area contributed by atoms with Crippen molar-refractivity contribution in [3.63, 3.8) is 0 Å². The highest BCUT2D eigenvalue weighted by molar-refractivity contribution is 5.82. The van der Waals surface area contributed by atoms with Gasteiger partial charge in [-0.15, -0.1) is 0 Å². The number of alkyl halides is 3. The first-order valence-corrected chi connectivity index (χ1v) is 6.50. The number of halogens is 3. The minimum atomic E-state index is -4.86. The van der Waals surface area contributed by atoms with E-state index in [0.717, 1.165) is 4.90 Å². The second-order valence-electron chi connectivity index (χ2n) is 5.31. The third-order valence-corrected chi connectivity index (χ3v) is 3.97. The molecule has 1 amide bonds. The van der Waals surface area contributed by atoms with Gasteiger partial charge in [-0.05, 0) is 32.1 Å². The van der Waals surface area contributed by atoms with Gasteiger partial charge in [0.2, 0.25) is 0 Å². The Balaban J connectivity index is 1.96. The number of likely N-dealkylation sites (tertiary alicyclic amines) is 1. The maximum absolute atomic E-state index is 12.3. The van der Waals surface area contributed by atoms with Crippen molar-refractivity contribution in [2.24, 2.45) is 0 Å². The van der Waals surface area contributed by atoms with Gasteiger partial charge in [-0.3, -0.25) is 4.79 Å². The molecule has 2 fully saturated rings. The van der Waals surface area contributed by atoms with Crippen molar-refractivity contribution in [3.8, 4) is 0 Å². The molecule has 2 saturated heterocycles. The molecule has 8 heteroatoms. The Morgan fingerprint density at radius 2 is 1.80 bits per heavy atom. The molecule has 0 radical (unpaired) electrons. The van der Waals surface area contributed by atoms with Crippen LogP contribution in [0.5, 0.6) is 0 Å². The van der Waals surface area contributed by atoms with Crippen molar-refractivity contribution in [1.82, 2.24) is 4.90 Å². The Labute approximate surface area is 113 Å². The zero-order valence-electron chi connectivity index (χ0n) is 10.8.